The van der Waals surface area contributed by atoms with E-state index < -0.39 is 5.82 Å². The minimum Gasteiger partial charge on any atom is -0.463 e. The molecule has 0 radical (unpaired) electrons. The molecule has 0 saturated heterocycles. The fourth-order valence-corrected chi connectivity index (χ4v) is 2.97. The summed E-state index contributed by atoms with van der Waals surface area (Å²) in [5.74, 6) is -0.708. The standard InChI is InChI=1S/C21H17FN2O2/c1-14-5-7-15(8-6-14)13-24-18-9-10-26-20(18)12-19(24)21(25)23-17-4-2-3-16(22)11-17/h2-12H,13H2,1H3,(H,23,25). The molecule has 0 bridgehead atoms. The maximum atomic E-state index is 13.4. The molecule has 0 fully saturated rings. The molecule has 0 atom stereocenters. The van der Waals surface area contributed by atoms with Crippen LogP contribution in [0, 0.1) is 12.7 Å². The van der Waals surface area contributed by atoms with E-state index in [4.69, 9.17) is 4.42 Å². The Hall–Kier alpha value is -3.34. The Bertz CT molecular complexity index is 1080. The van der Waals surface area contributed by atoms with E-state index in [1.807, 2.05) is 41.8 Å². The van der Waals surface area contributed by atoms with Crippen LogP contribution in [0.2, 0.25) is 0 Å². The van der Waals surface area contributed by atoms with Crippen molar-refractivity contribution in [1.29, 1.82) is 0 Å². The van der Waals surface area contributed by atoms with Crippen LogP contribution in [0.4, 0.5) is 10.1 Å². The number of amides is 1. The number of nitrogens with one attached hydrogen (secondary N) is 1. The molecule has 0 aliphatic heterocycles. The van der Waals surface area contributed by atoms with Gasteiger partial charge in [-0.3, -0.25) is 4.79 Å². The monoisotopic (exact) mass is 348 g/mol. The average Bonchev–Trinajstić information content (AvgIpc) is 3.19. The normalized spacial score (nSPS) is 11.0. The Morgan fingerprint density at radius 1 is 1.12 bits per heavy atom. The first-order valence-corrected chi connectivity index (χ1v) is 8.29. The van der Waals surface area contributed by atoms with Crippen molar-refractivity contribution in [3.05, 3.63) is 89.6 Å². The molecule has 0 saturated carbocycles. The van der Waals surface area contributed by atoms with E-state index in [0.717, 1.165) is 11.1 Å². The molecule has 4 rings (SSSR count). The van der Waals surface area contributed by atoms with Gasteiger partial charge < -0.3 is 14.3 Å². The molecular weight excluding hydrogens is 331 g/mol. The van der Waals surface area contributed by atoms with Gasteiger partial charge in [0, 0.05) is 24.4 Å². The number of carbonyl (C=O) groups excluding carboxylic acids is 1. The lowest BCUT2D eigenvalue weighted by atomic mass is 10.1. The third kappa shape index (κ3) is 3.11. The highest BCUT2D eigenvalue weighted by molar-refractivity contribution is 6.05. The van der Waals surface area contributed by atoms with Crippen LogP contribution in [-0.2, 0) is 6.54 Å². The number of halogens is 1. The van der Waals surface area contributed by atoms with Crippen molar-refractivity contribution in [3.8, 4) is 0 Å². The van der Waals surface area contributed by atoms with Crippen LogP contribution in [0.3, 0.4) is 0 Å². The maximum Gasteiger partial charge on any atom is 0.272 e. The van der Waals surface area contributed by atoms with Crippen molar-refractivity contribution in [2.75, 3.05) is 5.32 Å². The zero-order chi connectivity index (χ0) is 18.1. The molecule has 0 spiro atoms. The number of fused-ring (bicyclic) bond motifs is 1. The molecule has 0 aliphatic carbocycles. The summed E-state index contributed by atoms with van der Waals surface area (Å²) in [5, 5.41) is 2.74. The topological polar surface area (TPSA) is 47.2 Å². The second kappa shape index (κ2) is 6.52. The van der Waals surface area contributed by atoms with E-state index >= 15 is 0 Å². The predicted octanol–water partition coefficient (Wildman–Crippen LogP) is 4.98. The third-order valence-corrected chi connectivity index (χ3v) is 4.30. The highest BCUT2D eigenvalue weighted by atomic mass is 19.1. The van der Waals surface area contributed by atoms with Crippen LogP contribution in [0.1, 0.15) is 21.6 Å². The van der Waals surface area contributed by atoms with Crippen molar-refractivity contribution >= 4 is 22.7 Å². The Morgan fingerprint density at radius 2 is 1.92 bits per heavy atom. The van der Waals surface area contributed by atoms with Gasteiger partial charge in [-0.2, -0.15) is 0 Å². The molecule has 0 unspecified atom stereocenters. The quantitative estimate of drug-likeness (QED) is 0.565. The summed E-state index contributed by atoms with van der Waals surface area (Å²) >= 11 is 0. The van der Waals surface area contributed by atoms with Crippen LogP contribution in [-0.4, -0.2) is 10.5 Å². The Labute approximate surface area is 149 Å². The van der Waals surface area contributed by atoms with Crippen LogP contribution >= 0.6 is 0 Å². The number of benzene rings is 2. The van der Waals surface area contributed by atoms with Crippen LogP contribution in [0.25, 0.3) is 11.1 Å². The molecule has 26 heavy (non-hydrogen) atoms. The van der Waals surface area contributed by atoms with E-state index in [1.165, 1.54) is 17.7 Å². The number of hydrogen-bond donors (Lipinski definition) is 1. The van der Waals surface area contributed by atoms with E-state index in [2.05, 4.69) is 5.32 Å². The van der Waals surface area contributed by atoms with Gasteiger partial charge in [-0.05, 0) is 30.7 Å². The zero-order valence-electron chi connectivity index (χ0n) is 14.2. The molecule has 130 valence electrons. The minimum absolute atomic E-state index is 0.311. The summed E-state index contributed by atoms with van der Waals surface area (Å²) in [4.78, 5) is 12.8. The lowest BCUT2D eigenvalue weighted by Crippen LogP contribution is -2.17. The highest BCUT2D eigenvalue weighted by Crippen LogP contribution is 2.23. The Kier molecular flexibility index (Phi) is 4.05. The van der Waals surface area contributed by atoms with E-state index in [9.17, 15) is 9.18 Å². The first-order valence-electron chi connectivity index (χ1n) is 8.29. The summed E-state index contributed by atoms with van der Waals surface area (Å²) in [5.41, 5.74) is 4.61. The summed E-state index contributed by atoms with van der Waals surface area (Å²) in [7, 11) is 0. The van der Waals surface area contributed by atoms with Gasteiger partial charge in [0.15, 0.2) is 5.58 Å². The fraction of sp³-hybridized carbons (Fsp3) is 0.0952. The highest BCUT2D eigenvalue weighted by Gasteiger charge is 2.18. The van der Waals surface area contributed by atoms with E-state index in [-0.39, 0.29) is 5.91 Å². The molecule has 1 N–H and O–H groups in total. The van der Waals surface area contributed by atoms with Gasteiger partial charge in [-0.25, -0.2) is 4.39 Å². The number of hydrogen-bond acceptors (Lipinski definition) is 2. The van der Waals surface area contributed by atoms with Gasteiger partial charge in [0.25, 0.3) is 5.91 Å². The minimum atomic E-state index is -0.397. The van der Waals surface area contributed by atoms with Gasteiger partial charge in [0.2, 0.25) is 0 Å². The molecule has 1 amide bonds. The molecule has 4 nitrogen and oxygen atoms in total. The number of aryl methyl sites for hydroxylation is 1. The van der Waals surface area contributed by atoms with Gasteiger partial charge in [-0.15, -0.1) is 0 Å². The first kappa shape index (κ1) is 16.1. The number of furan rings is 1. The lowest BCUT2D eigenvalue weighted by molar-refractivity contribution is 0.101. The molecule has 5 heteroatoms. The van der Waals surface area contributed by atoms with Crippen molar-refractivity contribution in [2.45, 2.75) is 13.5 Å². The Balaban J connectivity index is 1.69. The SMILES string of the molecule is Cc1ccc(Cn2c(C(=O)Nc3cccc(F)c3)cc3occc32)cc1. The van der Waals surface area contributed by atoms with Crippen molar-refractivity contribution in [1.82, 2.24) is 4.57 Å². The number of nitrogens with zero attached hydrogens (tertiary/aromatic N) is 1. The van der Waals surface area contributed by atoms with Crippen molar-refractivity contribution < 1.29 is 13.6 Å². The molecule has 2 heterocycles. The smallest absolute Gasteiger partial charge is 0.272 e. The number of carbonyl (C=O) groups is 1. The molecule has 2 aromatic carbocycles. The summed E-state index contributed by atoms with van der Waals surface area (Å²) in [6, 6.07) is 17.5. The van der Waals surface area contributed by atoms with Gasteiger partial charge in [0.05, 0.1) is 11.8 Å². The average molecular weight is 348 g/mol. The largest absolute Gasteiger partial charge is 0.463 e. The second-order valence-electron chi connectivity index (χ2n) is 6.24. The molecular formula is C21H17FN2O2. The molecule has 2 aromatic heterocycles. The fourth-order valence-electron chi connectivity index (χ4n) is 2.97. The van der Waals surface area contributed by atoms with Crippen LogP contribution < -0.4 is 5.32 Å². The third-order valence-electron chi connectivity index (χ3n) is 4.30. The number of rotatable bonds is 4. The van der Waals surface area contributed by atoms with Crippen LogP contribution in [0.15, 0.2) is 71.3 Å². The summed E-state index contributed by atoms with van der Waals surface area (Å²) < 4.78 is 20.7. The van der Waals surface area contributed by atoms with Crippen molar-refractivity contribution in [3.63, 3.8) is 0 Å². The van der Waals surface area contributed by atoms with Gasteiger partial charge in [-0.1, -0.05) is 35.9 Å². The lowest BCUT2D eigenvalue weighted by Gasteiger charge is -2.11. The number of anilines is 1. The first-order chi connectivity index (χ1) is 12.6. The zero-order valence-corrected chi connectivity index (χ0v) is 14.2. The number of aromatic nitrogens is 1. The summed E-state index contributed by atoms with van der Waals surface area (Å²) in [6.45, 7) is 2.57. The van der Waals surface area contributed by atoms with E-state index in [0.29, 0.717) is 23.5 Å². The van der Waals surface area contributed by atoms with Crippen molar-refractivity contribution in [2.24, 2.45) is 0 Å². The molecule has 4 aromatic rings. The van der Waals surface area contributed by atoms with Crippen LogP contribution in [0.5, 0.6) is 0 Å². The Morgan fingerprint density at radius 3 is 2.69 bits per heavy atom. The predicted molar refractivity (Wildman–Crippen MR) is 98.8 cm³/mol. The summed E-state index contributed by atoms with van der Waals surface area (Å²) in [6.07, 6.45) is 1.60. The van der Waals surface area contributed by atoms with Gasteiger partial charge in [0.1, 0.15) is 11.5 Å². The van der Waals surface area contributed by atoms with Gasteiger partial charge >= 0.3 is 0 Å². The second-order valence-corrected chi connectivity index (χ2v) is 6.24. The molecule has 0 aliphatic rings. The van der Waals surface area contributed by atoms with E-state index in [1.54, 1.807) is 24.5 Å². The maximum absolute atomic E-state index is 13.4.